The summed E-state index contributed by atoms with van der Waals surface area (Å²) in [6.07, 6.45) is 7.08. The fraction of sp³-hybridized carbons (Fsp3) is 0.625. The van der Waals surface area contributed by atoms with Crippen molar-refractivity contribution in [2.75, 3.05) is 36.4 Å². The molecule has 2 aliphatic heterocycles. The first-order valence-electron chi connectivity index (χ1n) is 8.03. The van der Waals surface area contributed by atoms with Gasteiger partial charge in [0, 0.05) is 19.5 Å². The molecule has 0 bridgehead atoms. The number of carbonyl (C=O) groups excluding carboxylic acids is 1. The molecular formula is C16H26Cl2N4O. The van der Waals surface area contributed by atoms with Gasteiger partial charge in [-0.05, 0) is 56.8 Å². The van der Waals surface area contributed by atoms with E-state index in [-0.39, 0.29) is 30.7 Å². The van der Waals surface area contributed by atoms with Crippen LogP contribution in [0.25, 0.3) is 0 Å². The molecule has 0 saturated carbocycles. The second kappa shape index (κ2) is 9.96. The molecule has 2 aliphatic rings. The van der Waals surface area contributed by atoms with Crippen molar-refractivity contribution in [3.63, 3.8) is 0 Å². The van der Waals surface area contributed by atoms with Gasteiger partial charge in [-0.15, -0.1) is 24.8 Å². The van der Waals surface area contributed by atoms with Crippen LogP contribution in [0.3, 0.4) is 0 Å². The number of carbonyl (C=O) groups is 1. The monoisotopic (exact) mass is 360 g/mol. The molecule has 0 atom stereocenters. The number of hydrogen-bond donors (Lipinski definition) is 2. The summed E-state index contributed by atoms with van der Waals surface area (Å²) < 4.78 is 0. The Morgan fingerprint density at radius 2 is 1.91 bits per heavy atom. The van der Waals surface area contributed by atoms with Gasteiger partial charge >= 0.3 is 0 Å². The van der Waals surface area contributed by atoms with E-state index >= 15 is 0 Å². The van der Waals surface area contributed by atoms with Crippen molar-refractivity contribution in [1.29, 1.82) is 0 Å². The molecular weight excluding hydrogens is 335 g/mol. The van der Waals surface area contributed by atoms with Crippen LogP contribution in [0.4, 0.5) is 11.5 Å². The molecule has 23 heavy (non-hydrogen) atoms. The van der Waals surface area contributed by atoms with Crippen molar-refractivity contribution in [3.05, 3.63) is 18.3 Å². The Bertz CT molecular complexity index is 471. The first-order valence-corrected chi connectivity index (χ1v) is 8.03. The summed E-state index contributed by atoms with van der Waals surface area (Å²) in [6, 6.07) is 3.96. The van der Waals surface area contributed by atoms with E-state index in [1.165, 1.54) is 12.8 Å². The minimum atomic E-state index is 0. The highest BCUT2D eigenvalue weighted by Gasteiger charge is 2.17. The second-order valence-electron chi connectivity index (χ2n) is 6.04. The van der Waals surface area contributed by atoms with Crippen LogP contribution in [-0.4, -0.2) is 37.1 Å². The molecule has 130 valence electrons. The van der Waals surface area contributed by atoms with E-state index in [2.05, 4.69) is 20.5 Å². The van der Waals surface area contributed by atoms with Gasteiger partial charge in [0.05, 0.1) is 11.9 Å². The molecule has 0 spiro atoms. The van der Waals surface area contributed by atoms with Gasteiger partial charge in [0.1, 0.15) is 5.82 Å². The minimum Gasteiger partial charge on any atom is -0.357 e. The number of anilines is 2. The van der Waals surface area contributed by atoms with Gasteiger partial charge in [0.15, 0.2) is 0 Å². The maximum Gasteiger partial charge on any atom is 0.224 e. The van der Waals surface area contributed by atoms with Crippen LogP contribution in [0.2, 0.25) is 0 Å². The average molecular weight is 361 g/mol. The molecule has 1 amide bonds. The van der Waals surface area contributed by atoms with Crippen molar-refractivity contribution >= 4 is 42.2 Å². The average Bonchev–Trinajstić information content (AvgIpc) is 3.03. The number of aromatic nitrogens is 1. The molecule has 0 aromatic carbocycles. The van der Waals surface area contributed by atoms with Crippen LogP contribution in [0.15, 0.2) is 18.3 Å². The van der Waals surface area contributed by atoms with Gasteiger partial charge in [-0.1, -0.05) is 0 Å². The number of amides is 1. The maximum atomic E-state index is 12.1. The first-order chi connectivity index (χ1) is 10.3. The van der Waals surface area contributed by atoms with Crippen molar-refractivity contribution < 1.29 is 4.79 Å². The van der Waals surface area contributed by atoms with E-state index in [4.69, 9.17) is 0 Å². The van der Waals surface area contributed by atoms with Gasteiger partial charge in [0.2, 0.25) is 5.91 Å². The normalized spacial score (nSPS) is 18.0. The van der Waals surface area contributed by atoms with Gasteiger partial charge in [-0.3, -0.25) is 4.79 Å². The third-order valence-electron chi connectivity index (χ3n) is 4.39. The fourth-order valence-electron chi connectivity index (χ4n) is 3.15. The second-order valence-corrected chi connectivity index (χ2v) is 6.04. The summed E-state index contributed by atoms with van der Waals surface area (Å²) in [6.45, 7) is 4.25. The molecule has 2 fully saturated rings. The molecule has 0 unspecified atom stereocenters. The van der Waals surface area contributed by atoms with Gasteiger partial charge in [-0.25, -0.2) is 4.98 Å². The third kappa shape index (κ3) is 5.83. The number of nitrogens with zero attached hydrogens (tertiary/aromatic N) is 2. The van der Waals surface area contributed by atoms with Crippen LogP contribution in [0, 0.1) is 5.92 Å². The van der Waals surface area contributed by atoms with Crippen LogP contribution in [0.1, 0.15) is 32.1 Å². The molecule has 7 heteroatoms. The van der Waals surface area contributed by atoms with Crippen LogP contribution >= 0.6 is 24.8 Å². The highest BCUT2D eigenvalue weighted by Crippen LogP contribution is 2.20. The van der Waals surface area contributed by atoms with E-state index in [0.717, 1.165) is 50.5 Å². The maximum absolute atomic E-state index is 12.1. The number of hydrogen-bond acceptors (Lipinski definition) is 4. The van der Waals surface area contributed by atoms with Gasteiger partial charge in [0.25, 0.3) is 0 Å². The van der Waals surface area contributed by atoms with E-state index in [0.29, 0.717) is 12.3 Å². The highest BCUT2D eigenvalue weighted by molar-refractivity contribution is 5.90. The zero-order valence-electron chi connectivity index (χ0n) is 13.3. The van der Waals surface area contributed by atoms with Crippen LogP contribution in [-0.2, 0) is 4.79 Å². The van der Waals surface area contributed by atoms with Gasteiger partial charge < -0.3 is 15.5 Å². The van der Waals surface area contributed by atoms with Crippen LogP contribution < -0.4 is 15.5 Å². The van der Waals surface area contributed by atoms with Gasteiger partial charge in [-0.2, -0.15) is 0 Å². The SMILES string of the molecule is Cl.Cl.O=C(CC1CCNCC1)Nc1ccc(N2CCCC2)nc1. The summed E-state index contributed by atoms with van der Waals surface area (Å²) in [4.78, 5) is 18.8. The molecule has 1 aromatic heterocycles. The summed E-state index contributed by atoms with van der Waals surface area (Å²) in [5, 5.41) is 6.29. The molecule has 3 heterocycles. The molecule has 0 aliphatic carbocycles. The minimum absolute atomic E-state index is 0. The summed E-state index contributed by atoms with van der Waals surface area (Å²) in [5.41, 5.74) is 0.803. The van der Waals surface area contributed by atoms with E-state index in [1.807, 2.05) is 12.1 Å². The highest BCUT2D eigenvalue weighted by atomic mass is 35.5. The molecule has 2 saturated heterocycles. The lowest BCUT2D eigenvalue weighted by Gasteiger charge is -2.22. The topological polar surface area (TPSA) is 57.3 Å². The molecule has 1 aromatic rings. The lowest BCUT2D eigenvalue weighted by molar-refractivity contribution is -0.117. The lowest BCUT2D eigenvalue weighted by atomic mass is 9.94. The summed E-state index contributed by atoms with van der Waals surface area (Å²) >= 11 is 0. The largest absolute Gasteiger partial charge is 0.357 e. The van der Waals surface area contributed by atoms with E-state index < -0.39 is 0 Å². The smallest absolute Gasteiger partial charge is 0.224 e. The quantitative estimate of drug-likeness (QED) is 0.866. The number of halogens is 2. The Labute approximate surface area is 150 Å². The Kier molecular flexibility index (Phi) is 8.66. The number of nitrogens with one attached hydrogen (secondary N) is 2. The van der Waals surface area contributed by atoms with Crippen molar-refractivity contribution in [3.8, 4) is 0 Å². The Balaban J connectivity index is 0.00000132. The lowest BCUT2D eigenvalue weighted by Crippen LogP contribution is -2.30. The fourth-order valence-corrected chi connectivity index (χ4v) is 3.15. The van der Waals surface area contributed by atoms with E-state index in [9.17, 15) is 4.79 Å². The van der Waals surface area contributed by atoms with Crippen molar-refractivity contribution in [2.45, 2.75) is 32.1 Å². The Morgan fingerprint density at radius 3 is 2.52 bits per heavy atom. The molecule has 3 rings (SSSR count). The van der Waals surface area contributed by atoms with Crippen molar-refractivity contribution in [1.82, 2.24) is 10.3 Å². The molecule has 2 N–H and O–H groups in total. The van der Waals surface area contributed by atoms with Crippen molar-refractivity contribution in [2.24, 2.45) is 5.92 Å². The standard InChI is InChI=1S/C16H24N4O.2ClH/c21-16(11-13-5-7-17-8-6-13)19-14-3-4-15(18-12-14)20-9-1-2-10-20;;/h3-4,12-13,17H,1-2,5-11H2,(H,19,21);2*1H. The zero-order chi connectivity index (χ0) is 14.5. The zero-order valence-corrected chi connectivity index (χ0v) is 14.9. The Morgan fingerprint density at radius 1 is 1.22 bits per heavy atom. The number of rotatable bonds is 4. The van der Waals surface area contributed by atoms with E-state index in [1.54, 1.807) is 6.20 Å². The first kappa shape index (κ1) is 20.0. The molecule has 5 nitrogen and oxygen atoms in total. The summed E-state index contributed by atoms with van der Waals surface area (Å²) in [7, 11) is 0. The summed E-state index contributed by atoms with van der Waals surface area (Å²) in [5.74, 6) is 1.64. The predicted octanol–water partition coefficient (Wildman–Crippen LogP) is 2.85. The molecule has 0 radical (unpaired) electrons. The predicted molar refractivity (Wildman–Crippen MR) is 99.0 cm³/mol. The Hall–Kier alpha value is -1.04. The number of piperidine rings is 1. The number of pyridine rings is 1. The third-order valence-corrected chi connectivity index (χ3v) is 4.39. The van der Waals surface area contributed by atoms with Crippen LogP contribution in [0.5, 0.6) is 0 Å².